The Labute approximate surface area is 118 Å². The molecule has 0 radical (unpaired) electrons. The SMILES string of the molecule is CCCC1CN(C(=O)C2CC(F)(F)CN2)CCO1.Cl. The van der Waals surface area contributed by atoms with Crippen molar-refractivity contribution in [1.82, 2.24) is 10.2 Å². The second-order valence-electron chi connectivity index (χ2n) is 5.06. The van der Waals surface area contributed by atoms with Crippen LogP contribution in [0.5, 0.6) is 0 Å². The minimum Gasteiger partial charge on any atom is -0.375 e. The molecule has 0 spiro atoms. The summed E-state index contributed by atoms with van der Waals surface area (Å²) >= 11 is 0. The molecule has 0 aromatic heterocycles. The summed E-state index contributed by atoms with van der Waals surface area (Å²) in [6.45, 7) is 3.19. The zero-order valence-electron chi connectivity index (χ0n) is 11.0. The molecule has 19 heavy (non-hydrogen) atoms. The quantitative estimate of drug-likeness (QED) is 0.857. The zero-order chi connectivity index (χ0) is 13.2. The van der Waals surface area contributed by atoms with Crippen LogP contribution < -0.4 is 5.32 Å². The highest BCUT2D eigenvalue weighted by atomic mass is 35.5. The number of halogens is 3. The lowest BCUT2D eigenvalue weighted by atomic mass is 10.1. The third-order valence-corrected chi connectivity index (χ3v) is 3.47. The Morgan fingerprint density at radius 2 is 2.26 bits per heavy atom. The number of amides is 1. The maximum Gasteiger partial charge on any atom is 0.262 e. The van der Waals surface area contributed by atoms with Crippen molar-refractivity contribution < 1.29 is 18.3 Å². The van der Waals surface area contributed by atoms with Crippen LogP contribution in [0.15, 0.2) is 0 Å². The fourth-order valence-electron chi connectivity index (χ4n) is 2.53. The normalized spacial score (nSPS) is 29.9. The molecule has 1 amide bonds. The van der Waals surface area contributed by atoms with Gasteiger partial charge in [0, 0.05) is 19.5 Å². The molecule has 0 aromatic rings. The van der Waals surface area contributed by atoms with Gasteiger partial charge >= 0.3 is 0 Å². The molecule has 2 aliphatic heterocycles. The summed E-state index contributed by atoms with van der Waals surface area (Å²) in [7, 11) is 0. The molecule has 2 heterocycles. The molecule has 0 saturated carbocycles. The molecule has 7 heteroatoms. The number of ether oxygens (including phenoxy) is 1. The molecule has 0 bridgehead atoms. The second kappa shape index (κ2) is 6.81. The molecule has 0 aliphatic carbocycles. The molecule has 2 saturated heterocycles. The van der Waals surface area contributed by atoms with E-state index in [1.165, 1.54) is 0 Å². The third kappa shape index (κ3) is 4.26. The van der Waals surface area contributed by atoms with E-state index in [0.29, 0.717) is 19.7 Å². The van der Waals surface area contributed by atoms with Crippen molar-refractivity contribution in [3.05, 3.63) is 0 Å². The van der Waals surface area contributed by atoms with Crippen molar-refractivity contribution in [3.63, 3.8) is 0 Å². The van der Waals surface area contributed by atoms with E-state index in [1.54, 1.807) is 4.90 Å². The number of alkyl halides is 2. The maximum absolute atomic E-state index is 13.1. The molecule has 2 aliphatic rings. The molecule has 2 unspecified atom stereocenters. The Hall–Kier alpha value is -0.460. The standard InChI is InChI=1S/C12H20F2N2O2.ClH/c1-2-3-9-7-16(4-5-18-9)11(17)10-6-12(13,14)8-15-10;/h9-10,15H,2-8H2,1H3;1H. The molecular weight excluding hydrogens is 278 g/mol. The van der Waals surface area contributed by atoms with Crippen LogP contribution in [0, 0.1) is 0 Å². The van der Waals surface area contributed by atoms with E-state index in [9.17, 15) is 13.6 Å². The van der Waals surface area contributed by atoms with Gasteiger partial charge in [-0.2, -0.15) is 0 Å². The Bertz CT molecular complexity index is 316. The minimum absolute atomic E-state index is 0. The predicted molar refractivity (Wildman–Crippen MR) is 69.8 cm³/mol. The lowest BCUT2D eigenvalue weighted by molar-refractivity contribution is -0.141. The first-order chi connectivity index (χ1) is 8.52. The number of hydrogen-bond acceptors (Lipinski definition) is 3. The number of carbonyl (C=O) groups excluding carboxylic acids is 1. The molecule has 2 fully saturated rings. The van der Waals surface area contributed by atoms with Gasteiger partial charge < -0.3 is 9.64 Å². The molecule has 2 rings (SSSR count). The van der Waals surface area contributed by atoms with Crippen molar-refractivity contribution >= 4 is 18.3 Å². The highest BCUT2D eigenvalue weighted by molar-refractivity contribution is 5.85. The summed E-state index contributed by atoms with van der Waals surface area (Å²) in [6, 6.07) is -0.736. The van der Waals surface area contributed by atoms with Crippen molar-refractivity contribution in [2.75, 3.05) is 26.2 Å². The summed E-state index contributed by atoms with van der Waals surface area (Å²) in [5.41, 5.74) is 0. The zero-order valence-corrected chi connectivity index (χ0v) is 11.8. The first-order valence-corrected chi connectivity index (χ1v) is 6.53. The van der Waals surface area contributed by atoms with Gasteiger partial charge in [0.15, 0.2) is 0 Å². The van der Waals surface area contributed by atoms with E-state index in [2.05, 4.69) is 12.2 Å². The van der Waals surface area contributed by atoms with Crippen LogP contribution in [-0.2, 0) is 9.53 Å². The van der Waals surface area contributed by atoms with Gasteiger partial charge in [0.25, 0.3) is 5.92 Å². The van der Waals surface area contributed by atoms with Gasteiger partial charge in [0.05, 0.1) is 25.3 Å². The number of rotatable bonds is 3. The Morgan fingerprint density at radius 3 is 2.84 bits per heavy atom. The molecular formula is C12H21ClF2N2O2. The van der Waals surface area contributed by atoms with Crippen LogP contribution >= 0.6 is 12.4 Å². The number of hydrogen-bond donors (Lipinski definition) is 1. The van der Waals surface area contributed by atoms with E-state index in [1.807, 2.05) is 0 Å². The van der Waals surface area contributed by atoms with Crippen molar-refractivity contribution in [2.45, 2.75) is 44.3 Å². The van der Waals surface area contributed by atoms with E-state index >= 15 is 0 Å². The number of nitrogens with one attached hydrogen (secondary N) is 1. The topological polar surface area (TPSA) is 41.6 Å². The lowest BCUT2D eigenvalue weighted by Gasteiger charge is -2.34. The summed E-state index contributed by atoms with van der Waals surface area (Å²) in [5, 5.41) is 2.61. The molecule has 112 valence electrons. The Kier molecular flexibility index (Phi) is 5.95. The summed E-state index contributed by atoms with van der Waals surface area (Å²) in [4.78, 5) is 13.8. The van der Waals surface area contributed by atoms with Crippen LogP contribution in [0.25, 0.3) is 0 Å². The highest BCUT2D eigenvalue weighted by Crippen LogP contribution is 2.26. The third-order valence-electron chi connectivity index (χ3n) is 3.47. The fraction of sp³-hybridized carbons (Fsp3) is 0.917. The number of nitrogens with zero attached hydrogens (tertiary/aromatic N) is 1. The largest absolute Gasteiger partial charge is 0.375 e. The van der Waals surface area contributed by atoms with Crippen molar-refractivity contribution in [2.24, 2.45) is 0 Å². The number of carbonyl (C=O) groups is 1. The van der Waals surface area contributed by atoms with Crippen LogP contribution in [0.3, 0.4) is 0 Å². The van der Waals surface area contributed by atoms with Gasteiger partial charge in [0.2, 0.25) is 5.91 Å². The minimum atomic E-state index is -2.75. The lowest BCUT2D eigenvalue weighted by Crippen LogP contribution is -2.51. The maximum atomic E-state index is 13.1. The van der Waals surface area contributed by atoms with E-state index in [-0.39, 0.29) is 30.8 Å². The van der Waals surface area contributed by atoms with Gasteiger partial charge in [-0.1, -0.05) is 13.3 Å². The number of morpholine rings is 1. The highest BCUT2D eigenvalue weighted by Gasteiger charge is 2.44. The van der Waals surface area contributed by atoms with Gasteiger partial charge in [-0.15, -0.1) is 12.4 Å². The van der Waals surface area contributed by atoms with Crippen LogP contribution in [-0.4, -0.2) is 55.1 Å². The molecule has 1 N–H and O–H groups in total. The van der Waals surface area contributed by atoms with Crippen LogP contribution in [0.2, 0.25) is 0 Å². The smallest absolute Gasteiger partial charge is 0.262 e. The first-order valence-electron chi connectivity index (χ1n) is 6.53. The average Bonchev–Trinajstić information content (AvgIpc) is 2.70. The summed E-state index contributed by atoms with van der Waals surface area (Å²) in [6.07, 6.45) is 1.56. The average molecular weight is 299 g/mol. The van der Waals surface area contributed by atoms with Crippen LogP contribution in [0.4, 0.5) is 8.78 Å². The predicted octanol–water partition coefficient (Wildman–Crippen LogP) is 1.43. The van der Waals surface area contributed by atoms with Gasteiger partial charge in [-0.3, -0.25) is 10.1 Å². The molecule has 0 aromatic carbocycles. The summed E-state index contributed by atoms with van der Waals surface area (Å²) < 4.78 is 31.7. The van der Waals surface area contributed by atoms with Gasteiger partial charge in [-0.25, -0.2) is 8.78 Å². The van der Waals surface area contributed by atoms with E-state index in [0.717, 1.165) is 12.8 Å². The van der Waals surface area contributed by atoms with Crippen molar-refractivity contribution in [1.29, 1.82) is 0 Å². The van der Waals surface area contributed by atoms with Gasteiger partial charge in [0.1, 0.15) is 0 Å². The Morgan fingerprint density at radius 1 is 1.53 bits per heavy atom. The second-order valence-corrected chi connectivity index (χ2v) is 5.06. The Balaban J connectivity index is 0.00000180. The van der Waals surface area contributed by atoms with E-state index < -0.39 is 18.5 Å². The summed E-state index contributed by atoms with van der Waals surface area (Å²) in [5.74, 6) is -2.97. The van der Waals surface area contributed by atoms with Crippen LogP contribution in [0.1, 0.15) is 26.2 Å². The van der Waals surface area contributed by atoms with Crippen molar-refractivity contribution in [3.8, 4) is 0 Å². The first kappa shape index (κ1) is 16.6. The molecule has 4 nitrogen and oxygen atoms in total. The van der Waals surface area contributed by atoms with Gasteiger partial charge in [-0.05, 0) is 6.42 Å². The fourth-order valence-corrected chi connectivity index (χ4v) is 2.53. The molecule has 2 atom stereocenters. The van der Waals surface area contributed by atoms with E-state index in [4.69, 9.17) is 4.74 Å². The monoisotopic (exact) mass is 298 g/mol.